The first-order chi connectivity index (χ1) is 14.9. The number of amides is 1. The summed E-state index contributed by atoms with van der Waals surface area (Å²) in [7, 11) is -2.56. The van der Waals surface area contributed by atoms with E-state index in [4.69, 9.17) is 13.3 Å². The van der Waals surface area contributed by atoms with Gasteiger partial charge in [-0.25, -0.2) is 0 Å². The third-order valence-electron chi connectivity index (χ3n) is 4.98. The topological polar surface area (TPSA) is 86.0 Å². The number of rotatable bonds is 9. The van der Waals surface area contributed by atoms with Gasteiger partial charge >= 0.3 is 10.1 Å². The van der Waals surface area contributed by atoms with E-state index in [1.807, 2.05) is 13.8 Å². The van der Waals surface area contributed by atoms with E-state index in [0.717, 1.165) is 6.42 Å². The van der Waals surface area contributed by atoms with Crippen molar-refractivity contribution in [3.05, 3.63) is 78.3 Å². The van der Waals surface area contributed by atoms with Gasteiger partial charge in [-0.05, 0) is 55.8 Å². The van der Waals surface area contributed by atoms with Crippen LogP contribution in [0.4, 0.5) is 0 Å². The van der Waals surface area contributed by atoms with E-state index in [-0.39, 0.29) is 34.9 Å². The molecule has 3 aromatic rings. The van der Waals surface area contributed by atoms with Gasteiger partial charge in [0.05, 0.1) is 19.9 Å². The monoisotopic (exact) mass is 443 g/mol. The van der Waals surface area contributed by atoms with Crippen molar-refractivity contribution in [1.82, 2.24) is 4.90 Å². The molecule has 7 nitrogen and oxygen atoms in total. The van der Waals surface area contributed by atoms with Crippen molar-refractivity contribution in [2.24, 2.45) is 0 Å². The van der Waals surface area contributed by atoms with Crippen molar-refractivity contribution in [2.45, 2.75) is 37.8 Å². The van der Waals surface area contributed by atoms with E-state index in [2.05, 4.69) is 0 Å². The number of ether oxygens (including phenoxy) is 1. The van der Waals surface area contributed by atoms with Crippen LogP contribution in [0.1, 0.15) is 36.4 Å². The first-order valence-corrected chi connectivity index (χ1v) is 11.3. The van der Waals surface area contributed by atoms with Gasteiger partial charge in [-0.15, -0.1) is 0 Å². The minimum atomic E-state index is -4.06. The van der Waals surface area contributed by atoms with Gasteiger partial charge in [0.1, 0.15) is 16.4 Å². The van der Waals surface area contributed by atoms with Gasteiger partial charge in [0.2, 0.25) is 0 Å². The highest BCUT2D eigenvalue weighted by Gasteiger charge is 2.25. The number of nitrogens with zero attached hydrogens (tertiary/aromatic N) is 1. The standard InChI is InChI=1S/C23H25NO6S/c1-4-17(2)24(23(25)22-10-7-15-29-22)16-18-8-5-6-9-21(18)30-31(26,27)20-13-11-19(28-3)12-14-20/h5-15,17H,4,16H2,1-3H3. The molecule has 1 amide bonds. The molecule has 0 saturated carbocycles. The van der Waals surface area contributed by atoms with Crippen LogP contribution in [0, 0.1) is 0 Å². The zero-order valence-electron chi connectivity index (χ0n) is 17.6. The molecule has 0 saturated heterocycles. The van der Waals surface area contributed by atoms with Gasteiger partial charge in [-0.2, -0.15) is 8.42 Å². The Bertz CT molecular complexity index is 1110. The molecule has 0 aliphatic rings. The molecule has 1 unspecified atom stereocenters. The molecule has 0 fully saturated rings. The summed E-state index contributed by atoms with van der Waals surface area (Å²) >= 11 is 0. The van der Waals surface area contributed by atoms with Crippen molar-refractivity contribution in [2.75, 3.05) is 7.11 Å². The first-order valence-electron chi connectivity index (χ1n) is 9.86. The summed E-state index contributed by atoms with van der Waals surface area (Å²) in [5.74, 6) is 0.663. The SMILES string of the molecule is CCC(C)N(Cc1ccccc1OS(=O)(=O)c1ccc(OC)cc1)C(=O)c1ccco1. The number of furan rings is 1. The number of hydrogen-bond donors (Lipinski definition) is 0. The van der Waals surface area contributed by atoms with Crippen LogP contribution < -0.4 is 8.92 Å². The number of methoxy groups -OCH3 is 1. The van der Waals surface area contributed by atoms with Crippen LogP contribution in [0.15, 0.2) is 76.2 Å². The Balaban J connectivity index is 1.88. The predicted octanol–water partition coefficient (Wildman–Crippen LogP) is 4.50. The molecule has 0 aliphatic heterocycles. The Morgan fingerprint density at radius 2 is 1.77 bits per heavy atom. The molecule has 8 heteroatoms. The van der Waals surface area contributed by atoms with Gasteiger partial charge < -0.3 is 18.2 Å². The molecule has 3 rings (SSSR count). The third-order valence-corrected chi connectivity index (χ3v) is 6.23. The highest BCUT2D eigenvalue weighted by Crippen LogP contribution is 2.27. The van der Waals surface area contributed by atoms with Crippen LogP contribution in [0.2, 0.25) is 0 Å². The Morgan fingerprint density at radius 3 is 2.39 bits per heavy atom. The molecule has 0 spiro atoms. The lowest BCUT2D eigenvalue weighted by Gasteiger charge is -2.28. The van der Waals surface area contributed by atoms with Crippen molar-refractivity contribution < 1.29 is 26.5 Å². The Hall–Kier alpha value is -3.26. The van der Waals surface area contributed by atoms with E-state index in [0.29, 0.717) is 11.3 Å². The maximum atomic E-state index is 13.0. The van der Waals surface area contributed by atoms with Crippen LogP contribution >= 0.6 is 0 Å². The maximum absolute atomic E-state index is 13.0. The number of carbonyl (C=O) groups is 1. The van der Waals surface area contributed by atoms with Crippen molar-refractivity contribution in [1.29, 1.82) is 0 Å². The summed E-state index contributed by atoms with van der Waals surface area (Å²) in [6, 6.07) is 15.9. The lowest BCUT2D eigenvalue weighted by atomic mass is 10.1. The fourth-order valence-corrected chi connectivity index (χ4v) is 3.96. The zero-order valence-corrected chi connectivity index (χ0v) is 18.5. The normalized spacial score (nSPS) is 12.2. The molecule has 0 N–H and O–H groups in total. The van der Waals surface area contributed by atoms with Crippen molar-refractivity contribution in [3.63, 3.8) is 0 Å². The summed E-state index contributed by atoms with van der Waals surface area (Å²) in [6.07, 6.45) is 2.17. The summed E-state index contributed by atoms with van der Waals surface area (Å²) in [5, 5.41) is 0. The second-order valence-corrected chi connectivity index (χ2v) is 8.53. The molecule has 0 bridgehead atoms. The number of benzene rings is 2. The van der Waals surface area contributed by atoms with E-state index in [1.165, 1.54) is 25.5 Å². The Morgan fingerprint density at radius 1 is 1.06 bits per heavy atom. The van der Waals surface area contributed by atoms with E-state index in [1.54, 1.807) is 53.4 Å². The van der Waals surface area contributed by atoms with Crippen LogP contribution in [0.3, 0.4) is 0 Å². The minimum Gasteiger partial charge on any atom is -0.497 e. The Labute approximate surface area is 182 Å². The van der Waals surface area contributed by atoms with Gasteiger partial charge in [-0.1, -0.05) is 25.1 Å². The third kappa shape index (κ3) is 5.27. The Kier molecular flexibility index (Phi) is 7.02. The molecule has 1 aromatic heterocycles. The smallest absolute Gasteiger partial charge is 0.339 e. The minimum absolute atomic E-state index is 0.00791. The number of carbonyl (C=O) groups excluding carboxylic acids is 1. The van der Waals surface area contributed by atoms with Gasteiger partial charge in [0, 0.05) is 11.6 Å². The highest BCUT2D eigenvalue weighted by molar-refractivity contribution is 7.87. The maximum Gasteiger partial charge on any atom is 0.339 e. The van der Waals surface area contributed by atoms with Crippen LogP contribution in [0.25, 0.3) is 0 Å². The summed E-state index contributed by atoms with van der Waals surface area (Å²) in [6.45, 7) is 4.07. The molecule has 0 radical (unpaired) electrons. The zero-order chi connectivity index (χ0) is 22.4. The first kappa shape index (κ1) is 22.4. The van der Waals surface area contributed by atoms with Crippen LogP contribution in [-0.4, -0.2) is 32.4 Å². The van der Waals surface area contributed by atoms with Gasteiger partial charge in [0.15, 0.2) is 5.76 Å². The van der Waals surface area contributed by atoms with Crippen molar-refractivity contribution >= 4 is 16.0 Å². The molecule has 2 aromatic carbocycles. The lowest BCUT2D eigenvalue weighted by Crippen LogP contribution is -2.37. The van der Waals surface area contributed by atoms with E-state index in [9.17, 15) is 13.2 Å². The quantitative estimate of drug-likeness (QED) is 0.453. The summed E-state index contributed by atoms with van der Waals surface area (Å²) in [4.78, 5) is 14.6. The molecule has 1 heterocycles. The molecular weight excluding hydrogens is 418 g/mol. The van der Waals surface area contributed by atoms with Gasteiger partial charge in [0.25, 0.3) is 5.91 Å². The average Bonchev–Trinajstić information content (AvgIpc) is 3.32. The summed E-state index contributed by atoms with van der Waals surface area (Å²) < 4.78 is 41.4. The highest BCUT2D eigenvalue weighted by atomic mass is 32.2. The van der Waals surface area contributed by atoms with E-state index >= 15 is 0 Å². The van der Waals surface area contributed by atoms with Crippen LogP contribution in [-0.2, 0) is 16.7 Å². The summed E-state index contributed by atoms with van der Waals surface area (Å²) in [5.41, 5.74) is 0.569. The number of para-hydroxylation sites is 1. The average molecular weight is 444 g/mol. The largest absolute Gasteiger partial charge is 0.497 e. The fraction of sp³-hybridized carbons (Fsp3) is 0.261. The molecule has 31 heavy (non-hydrogen) atoms. The predicted molar refractivity (Wildman–Crippen MR) is 116 cm³/mol. The van der Waals surface area contributed by atoms with E-state index < -0.39 is 10.1 Å². The second kappa shape index (κ2) is 9.70. The van der Waals surface area contributed by atoms with Gasteiger partial charge in [-0.3, -0.25) is 4.79 Å². The molecule has 0 aliphatic carbocycles. The molecular formula is C23H25NO6S. The van der Waals surface area contributed by atoms with Crippen LogP contribution in [0.5, 0.6) is 11.5 Å². The second-order valence-electron chi connectivity index (χ2n) is 6.99. The molecule has 1 atom stereocenters. The fourth-order valence-electron chi connectivity index (χ4n) is 3.00. The molecule has 164 valence electrons. The lowest BCUT2D eigenvalue weighted by molar-refractivity contribution is 0.0638. The van der Waals surface area contributed by atoms with Crippen molar-refractivity contribution in [3.8, 4) is 11.5 Å². The number of hydrogen-bond acceptors (Lipinski definition) is 6.